The number of benzene rings is 2. The number of oxime groups is 1. The van der Waals surface area contributed by atoms with Crippen molar-refractivity contribution in [1.29, 1.82) is 0 Å². The number of guanidine groups is 1. The number of carbonyl (C=O) groups is 2. The summed E-state index contributed by atoms with van der Waals surface area (Å²) in [4.78, 5) is 30.8. The molecule has 1 saturated heterocycles. The van der Waals surface area contributed by atoms with Crippen molar-refractivity contribution in [2.24, 2.45) is 16.6 Å². The van der Waals surface area contributed by atoms with Gasteiger partial charge < -0.3 is 31.3 Å². The van der Waals surface area contributed by atoms with Crippen molar-refractivity contribution in [3.63, 3.8) is 0 Å². The zero-order chi connectivity index (χ0) is 25.4. The molecule has 35 heavy (non-hydrogen) atoms. The molecule has 1 aliphatic heterocycles. The highest BCUT2D eigenvalue weighted by Crippen LogP contribution is 2.24. The summed E-state index contributed by atoms with van der Waals surface area (Å²) in [5.41, 5.74) is 12.0. The van der Waals surface area contributed by atoms with E-state index in [-0.39, 0.29) is 43.5 Å². The number of hydrogen-bond acceptors (Lipinski definition) is 7. The minimum absolute atomic E-state index is 0.0412. The van der Waals surface area contributed by atoms with Gasteiger partial charge in [-0.3, -0.25) is 9.59 Å². The third-order valence-corrected chi connectivity index (χ3v) is 6.69. The molecule has 3 rings (SSSR count). The summed E-state index contributed by atoms with van der Waals surface area (Å²) in [7, 11) is -2.35. The SMILES string of the molecule is COc1ccc(-c2ccc(S(=O)(=O)N[C@H]3CCN(CC(=O)NCCON=C(N)N)C3=O)cc2)cc1. The number of ether oxygens (including phenoxy) is 1. The fourth-order valence-electron chi connectivity index (χ4n) is 3.46. The number of likely N-dealkylation sites (tertiary alicyclic amines) is 1. The van der Waals surface area contributed by atoms with Crippen LogP contribution in [0.25, 0.3) is 11.1 Å². The Morgan fingerprint density at radius 2 is 1.74 bits per heavy atom. The van der Waals surface area contributed by atoms with E-state index in [2.05, 4.69) is 15.2 Å². The summed E-state index contributed by atoms with van der Waals surface area (Å²) < 4.78 is 33.2. The molecule has 0 aromatic heterocycles. The predicted octanol–water partition coefficient (Wildman–Crippen LogP) is -0.437. The number of nitrogens with two attached hydrogens (primary N) is 2. The average Bonchev–Trinajstić information content (AvgIpc) is 3.17. The third-order valence-electron chi connectivity index (χ3n) is 5.20. The highest BCUT2D eigenvalue weighted by Gasteiger charge is 2.35. The molecule has 0 unspecified atom stereocenters. The molecule has 2 aromatic rings. The second-order valence-corrected chi connectivity index (χ2v) is 9.39. The van der Waals surface area contributed by atoms with Crippen molar-refractivity contribution in [2.45, 2.75) is 17.4 Å². The van der Waals surface area contributed by atoms with Crippen LogP contribution in [0.1, 0.15) is 6.42 Å². The molecule has 188 valence electrons. The quantitative estimate of drug-likeness (QED) is 0.138. The van der Waals surface area contributed by atoms with Crippen molar-refractivity contribution < 1.29 is 27.6 Å². The first kappa shape index (κ1) is 25.8. The summed E-state index contributed by atoms with van der Waals surface area (Å²) in [6, 6.07) is 12.8. The van der Waals surface area contributed by atoms with Crippen LogP contribution in [0, 0.1) is 0 Å². The highest BCUT2D eigenvalue weighted by molar-refractivity contribution is 7.89. The number of hydrogen-bond donors (Lipinski definition) is 4. The molecule has 0 spiro atoms. The van der Waals surface area contributed by atoms with E-state index in [1.807, 2.05) is 24.3 Å². The van der Waals surface area contributed by atoms with Gasteiger partial charge in [0, 0.05) is 6.54 Å². The maximum atomic E-state index is 12.8. The Morgan fingerprint density at radius 3 is 2.34 bits per heavy atom. The van der Waals surface area contributed by atoms with Gasteiger partial charge in [-0.15, -0.1) is 0 Å². The Morgan fingerprint density at radius 1 is 1.11 bits per heavy atom. The van der Waals surface area contributed by atoms with Gasteiger partial charge in [0.15, 0.2) is 0 Å². The van der Waals surface area contributed by atoms with Crippen molar-refractivity contribution in [3.8, 4) is 16.9 Å². The van der Waals surface area contributed by atoms with Gasteiger partial charge in [0.25, 0.3) is 0 Å². The molecule has 1 heterocycles. The number of methoxy groups -OCH3 is 1. The minimum Gasteiger partial charge on any atom is -0.497 e. The molecule has 1 atom stereocenters. The van der Waals surface area contributed by atoms with Gasteiger partial charge in [0.05, 0.1) is 25.1 Å². The fourth-order valence-corrected chi connectivity index (χ4v) is 4.68. The predicted molar refractivity (Wildman–Crippen MR) is 129 cm³/mol. The van der Waals surface area contributed by atoms with Gasteiger partial charge in [-0.1, -0.05) is 24.3 Å². The number of sulfonamides is 1. The zero-order valence-corrected chi connectivity index (χ0v) is 20.0. The number of carbonyl (C=O) groups excluding carboxylic acids is 2. The maximum absolute atomic E-state index is 12.8. The molecular formula is C22H28N6O6S. The molecule has 0 bridgehead atoms. The molecule has 0 saturated carbocycles. The Kier molecular flexibility index (Phi) is 8.49. The van der Waals surface area contributed by atoms with Crippen molar-refractivity contribution >= 4 is 27.8 Å². The second-order valence-electron chi connectivity index (χ2n) is 7.67. The molecular weight excluding hydrogens is 476 g/mol. The lowest BCUT2D eigenvalue weighted by Crippen LogP contribution is -2.44. The molecule has 2 amide bonds. The number of nitrogens with zero attached hydrogens (tertiary/aromatic N) is 2. The molecule has 2 aromatic carbocycles. The Hall–Kier alpha value is -3.84. The number of nitrogens with one attached hydrogen (secondary N) is 2. The van der Waals surface area contributed by atoms with E-state index in [9.17, 15) is 18.0 Å². The second kappa shape index (κ2) is 11.5. The summed E-state index contributed by atoms with van der Waals surface area (Å²) in [5, 5.41) is 5.88. The van der Waals surface area contributed by atoms with Crippen LogP contribution in [0.3, 0.4) is 0 Å². The van der Waals surface area contributed by atoms with E-state index in [4.69, 9.17) is 21.0 Å². The van der Waals surface area contributed by atoms with Gasteiger partial charge >= 0.3 is 0 Å². The van der Waals surface area contributed by atoms with E-state index >= 15 is 0 Å². The third kappa shape index (κ3) is 7.07. The van der Waals surface area contributed by atoms with Crippen molar-refractivity contribution in [1.82, 2.24) is 14.9 Å². The lowest BCUT2D eigenvalue weighted by Gasteiger charge is -2.17. The van der Waals surface area contributed by atoms with Crippen LogP contribution < -0.4 is 26.2 Å². The Balaban J connectivity index is 1.53. The normalized spacial score (nSPS) is 15.5. The van der Waals surface area contributed by atoms with Crippen LogP contribution >= 0.6 is 0 Å². The lowest BCUT2D eigenvalue weighted by molar-refractivity contribution is -0.134. The topological polar surface area (TPSA) is 178 Å². The Bertz CT molecular complexity index is 1160. The molecule has 0 aliphatic carbocycles. The highest BCUT2D eigenvalue weighted by atomic mass is 32.2. The van der Waals surface area contributed by atoms with Gasteiger partial charge in [0.2, 0.25) is 27.8 Å². The fraction of sp³-hybridized carbons (Fsp3) is 0.318. The summed E-state index contributed by atoms with van der Waals surface area (Å²) in [5.74, 6) is -0.387. The summed E-state index contributed by atoms with van der Waals surface area (Å²) >= 11 is 0. The van der Waals surface area contributed by atoms with E-state index in [0.717, 1.165) is 16.9 Å². The summed E-state index contributed by atoms with van der Waals surface area (Å²) in [6.45, 7) is 0.244. The number of amides is 2. The van der Waals surface area contributed by atoms with Crippen LogP contribution in [0.4, 0.5) is 0 Å². The first-order valence-electron chi connectivity index (χ1n) is 10.7. The van der Waals surface area contributed by atoms with Gasteiger partial charge in [0.1, 0.15) is 18.4 Å². The standard InChI is InChI=1S/C22H28N6O6S/c1-33-17-6-2-15(3-7-17)16-4-8-18(9-5-16)35(31,32)27-19-10-12-28(21(19)30)14-20(29)25-11-13-34-26-22(23)24/h2-9,19,27H,10-14H2,1H3,(H,25,29)(H4,23,24,26)/t19-/m0/s1. The van der Waals surface area contributed by atoms with E-state index < -0.39 is 27.9 Å². The van der Waals surface area contributed by atoms with E-state index in [1.165, 1.54) is 17.0 Å². The molecule has 6 N–H and O–H groups in total. The smallest absolute Gasteiger partial charge is 0.241 e. The molecule has 1 aliphatic rings. The van der Waals surface area contributed by atoms with Crippen LogP contribution in [-0.2, 0) is 24.4 Å². The average molecular weight is 505 g/mol. The Labute approximate surface area is 203 Å². The van der Waals surface area contributed by atoms with Gasteiger partial charge in [-0.05, 0) is 47.0 Å². The molecule has 0 radical (unpaired) electrons. The number of rotatable bonds is 11. The summed E-state index contributed by atoms with van der Waals surface area (Å²) in [6.07, 6.45) is 0.253. The lowest BCUT2D eigenvalue weighted by atomic mass is 10.1. The van der Waals surface area contributed by atoms with Crippen molar-refractivity contribution in [3.05, 3.63) is 48.5 Å². The van der Waals surface area contributed by atoms with Gasteiger partial charge in [-0.2, -0.15) is 4.72 Å². The van der Waals surface area contributed by atoms with E-state index in [0.29, 0.717) is 0 Å². The first-order valence-corrected chi connectivity index (χ1v) is 12.2. The molecule has 1 fully saturated rings. The molecule has 13 heteroatoms. The van der Waals surface area contributed by atoms with Crippen LogP contribution in [0.5, 0.6) is 5.75 Å². The van der Waals surface area contributed by atoms with Crippen LogP contribution in [-0.4, -0.2) is 70.5 Å². The van der Waals surface area contributed by atoms with Crippen molar-refractivity contribution in [2.75, 3.05) is 33.4 Å². The van der Waals surface area contributed by atoms with E-state index in [1.54, 1.807) is 19.2 Å². The zero-order valence-electron chi connectivity index (χ0n) is 19.1. The maximum Gasteiger partial charge on any atom is 0.241 e. The van der Waals surface area contributed by atoms with Crippen LogP contribution in [0.15, 0.2) is 58.6 Å². The monoisotopic (exact) mass is 504 g/mol. The minimum atomic E-state index is -3.93. The first-order chi connectivity index (χ1) is 16.7. The molecule has 12 nitrogen and oxygen atoms in total. The van der Waals surface area contributed by atoms with Gasteiger partial charge in [-0.25, -0.2) is 8.42 Å². The van der Waals surface area contributed by atoms with Crippen LogP contribution in [0.2, 0.25) is 0 Å². The largest absolute Gasteiger partial charge is 0.497 e.